The highest BCUT2D eigenvalue weighted by atomic mass is 15.2. The molecule has 0 bridgehead atoms. The van der Waals surface area contributed by atoms with Crippen molar-refractivity contribution >= 4 is 5.96 Å². The van der Waals surface area contributed by atoms with Gasteiger partial charge < -0.3 is 10.6 Å². The molecule has 2 N–H and O–H groups in total. The molecule has 22 heavy (non-hydrogen) atoms. The largest absolute Gasteiger partial charge is 0.357 e. The van der Waals surface area contributed by atoms with Gasteiger partial charge in [-0.05, 0) is 19.3 Å². The first kappa shape index (κ1) is 18.5. The monoisotopic (exact) mass is 307 g/mol. The number of aromatic nitrogens is 2. The Bertz CT molecular complexity index is 422. The van der Waals surface area contributed by atoms with Gasteiger partial charge in [-0.2, -0.15) is 5.10 Å². The van der Waals surface area contributed by atoms with E-state index in [1.165, 1.54) is 32.1 Å². The Morgan fingerprint density at radius 1 is 1.23 bits per heavy atom. The van der Waals surface area contributed by atoms with Gasteiger partial charge in [0, 0.05) is 31.9 Å². The zero-order chi connectivity index (χ0) is 16.2. The fraction of sp³-hybridized carbons (Fsp3) is 0.765. The van der Waals surface area contributed by atoms with Gasteiger partial charge in [0.05, 0.1) is 12.7 Å². The lowest BCUT2D eigenvalue weighted by Crippen LogP contribution is -2.37. The van der Waals surface area contributed by atoms with E-state index in [4.69, 9.17) is 0 Å². The van der Waals surface area contributed by atoms with Crippen LogP contribution < -0.4 is 10.6 Å². The van der Waals surface area contributed by atoms with Crippen LogP contribution in [0.2, 0.25) is 0 Å². The van der Waals surface area contributed by atoms with Crippen LogP contribution in [0.5, 0.6) is 0 Å². The molecule has 0 saturated heterocycles. The van der Waals surface area contributed by atoms with Crippen molar-refractivity contribution in [3.8, 4) is 0 Å². The van der Waals surface area contributed by atoms with Gasteiger partial charge in [-0.3, -0.25) is 4.68 Å². The molecular formula is C17H33N5. The van der Waals surface area contributed by atoms with Crippen molar-refractivity contribution in [1.82, 2.24) is 20.4 Å². The SMILES string of the molecule is CCNC(=NCc1cnn(C)c1)NCCCCCCC(C)C. The maximum Gasteiger partial charge on any atom is 0.191 e. The average Bonchev–Trinajstić information content (AvgIpc) is 2.89. The van der Waals surface area contributed by atoms with Gasteiger partial charge in [0.1, 0.15) is 0 Å². The molecule has 1 aromatic heterocycles. The highest BCUT2D eigenvalue weighted by Gasteiger charge is 1.99. The van der Waals surface area contributed by atoms with E-state index in [0.29, 0.717) is 6.54 Å². The Hall–Kier alpha value is -1.52. The van der Waals surface area contributed by atoms with Crippen molar-refractivity contribution in [3.05, 3.63) is 18.0 Å². The molecule has 0 aromatic carbocycles. The summed E-state index contributed by atoms with van der Waals surface area (Å²) in [5.74, 6) is 1.73. The molecule has 1 aromatic rings. The lowest BCUT2D eigenvalue weighted by Gasteiger charge is -2.11. The molecule has 0 aliphatic rings. The number of nitrogens with one attached hydrogen (secondary N) is 2. The summed E-state index contributed by atoms with van der Waals surface area (Å²) in [5.41, 5.74) is 1.13. The maximum atomic E-state index is 4.60. The third-order valence-corrected chi connectivity index (χ3v) is 3.52. The van der Waals surface area contributed by atoms with E-state index >= 15 is 0 Å². The molecule has 0 aliphatic carbocycles. The Balaban J connectivity index is 2.20. The zero-order valence-electron chi connectivity index (χ0n) is 14.7. The predicted octanol–water partition coefficient (Wildman–Crippen LogP) is 3.08. The highest BCUT2D eigenvalue weighted by Crippen LogP contribution is 2.08. The van der Waals surface area contributed by atoms with E-state index in [-0.39, 0.29) is 0 Å². The highest BCUT2D eigenvalue weighted by molar-refractivity contribution is 5.79. The van der Waals surface area contributed by atoms with Gasteiger partial charge in [-0.25, -0.2) is 4.99 Å². The summed E-state index contributed by atoms with van der Waals surface area (Å²) >= 11 is 0. The molecule has 5 heteroatoms. The number of hydrogen-bond donors (Lipinski definition) is 2. The molecule has 0 amide bonds. The van der Waals surface area contributed by atoms with Crippen LogP contribution >= 0.6 is 0 Å². The second kappa shape index (κ2) is 11.1. The molecule has 0 aliphatic heterocycles. The number of unbranched alkanes of at least 4 members (excludes halogenated alkanes) is 3. The fourth-order valence-corrected chi connectivity index (χ4v) is 2.30. The van der Waals surface area contributed by atoms with E-state index in [1.807, 2.05) is 24.1 Å². The molecule has 0 atom stereocenters. The summed E-state index contributed by atoms with van der Waals surface area (Å²) in [7, 11) is 1.93. The Kier molecular flexibility index (Phi) is 9.35. The Labute approximate surface area is 135 Å². The minimum Gasteiger partial charge on any atom is -0.357 e. The van der Waals surface area contributed by atoms with E-state index in [2.05, 4.69) is 41.5 Å². The molecule has 5 nitrogen and oxygen atoms in total. The quantitative estimate of drug-likeness (QED) is 0.397. The first-order valence-corrected chi connectivity index (χ1v) is 8.61. The lowest BCUT2D eigenvalue weighted by molar-refractivity contribution is 0.518. The molecule has 1 heterocycles. The van der Waals surface area contributed by atoms with E-state index in [9.17, 15) is 0 Å². The molecule has 1 rings (SSSR count). The summed E-state index contributed by atoms with van der Waals surface area (Å²) in [6.07, 6.45) is 10.4. The summed E-state index contributed by atoms with van der Waals surface area (Å²) < 4.78 is 1.81. The number of aliphatic imine (C=N–C) groups is 1. The van der Waals surface area contributed by atoms with Gasteiger partial charge in [0.25, 0.3) is 0 Å². The summed E-state index contributed by atoms with van der Waals surface area (Å²) in [5, 5.41) is 10.9. The topological polar surface area (TPSA) is 54.2 Å². The number of rotatable bonds is 10. The van der Waals surface area contributed by atoms with E-state index in [0.717, 1.165) is 30.5 Å². The van der Waals surface area contributed by atoms with Crippen LogP contribution in [0.4, 0.5) is 0 Å². The summed E-state index contributed by atoms with van der Waals surface area (Å²) in [6.45, 7) is 9.21. The first-order valence-electron chi connectivity index (χ1n) is 8.61. The zero-order valence-corrected chi connectivity index (χ0v) is 14.7. The van der Waals surface area contributed by atoms with Crippen molar-refractivity contribution < 1.29 is 0 Å². The minimum absolute atomic E-state index is 0.664. The van der Waals surface area contributed by atoms with Crippen molar-refractivity contribution in [1.29, 1.82) is 0 Å². The molecule has 0 saturated carbocycles. The van der Waals surface area contributed by atoms with Gasteiger partial charge in [0.2, 0.25) is 0 Å². The van der Waals surface area contributed by atoms with Crippen LogP contribution in [0, 0.1) is 5.92 Å². The van der Waals surface area contributed by atoms with Gasteiger partial charge in [-0.1, -0.05) is 39.5 Å². The lowest BCUT2D eigenvalue weighted by atomic mass is 10.0. The average molecular weight is 307 g/mol. The van der Waals surface area contributed by atoms with Crippen LogP contribution in [-0.2, 0) is 13.6 Å². The third kappa shape index (κ3) is 8.70. The first-order chi connectivity index (χ1) is 10.6. The number of hydrogen-bond acceptors (Lipinski definition) is 2. The third-order valence-electron chi connectivity index (χ3n) is 3.52. The van der Waals surface area contributed by atoms with Crippen molar-refractivity contribution in [2.45, 2.75) is 59.4 Å². The second-order valence-corrected chi connectivity index (χ2v) is 6.24. The second-order valence-electron chi connectivity index (χ2n) is 6.24. The standard InChI is InChI=1S/C17H33N5/c1-5-18-17(20-12-16-13-21-22(4)14-16)19-11-9-7-6-8-10-15(2)3/h13-15H,5-12H2,1-4H3,(H2,18,19,20). The number of nitrogens with zero attached hydrogens (tertiary/aromatic N) is 3. The van der Waals surface area contributed by atoms with Gasteiger partial charge in [-0.15, -0.1) is 0 Å². The molecule has 126 valence electrons. The number of aryl methyl sites for hydroxylation is 1. The Morgan fingerprint density at radius 3 is 2.64 bits per heavy atom. The summed E-state index contributed by atoms with van der Waals surface area (Å²) in [4.78, 5) is 4.60. The predicted molar refractivity (Wildman–Crippen MR) is 93.9 cm³/mol. The summed E-state index contributed by atoms with van der Waals surface area (Å²) in [6, 6.07) is 0. The van der Waals surface area contributed by atoms with Crippen LogP contribution in [0.1, 0.15) is 58.4 Å². The van der Waals surface area contributed by atoms with E-state index < -0.39 is 0 Å². The minimum atomic E-state index is 0.664. The van der Waals surface area contributed by atoms with Crippen molar-refractivity contribution in [2.24, 2.45) is 18.0 Å². The maximum absolute atomic E-state index is 4.60. The van der Waals surface area contributed by atoms with Crippen LogP contribution in [-0.4, -0.2) is 28.8 Å². The molecule has 0 radical (unpaired) electrons. The van der Waals surface area contributed by atoms with Crippen LogP contribution in [0.25, 0.3) is 0 Å². The molecule has 0 fully saturated rings. The fourth-order valence-electron chi connectivity index (χ4n) is 2.30. The van der Waals surface area contributed by atoms with Gasteiger partial charge >= 0.3 is 0 Å². The van der Waals surface area contributed by atoms with Gasteiger partial charge in [0.15, 0.2) is 5.96 Å². The molecule has 0 unspecified atom stereocenters. The normalized spacial score (nSPS) is 12.0. The van der Waals surface area contributed by atoms with Crippen LogP contribution in [0.15, 0.2) is 17.4 Å². The number of guanidine groups is 1. The molecule has 0 spiro atoms. The van der Waals surface area contributed by atoms with Crippen molar-refractivity contribution in [2.75, 3.05) is 13.1 Å². The smallest absolute Gasteiger partial charge is 0.191 e. The van der Waals surface area contributed by atoms with Crippen molar-refractivity contribution in [3.63, 3.8) is 0 Å². The molecular weight excluding hydrogens is 274 g/mol. The Morgan fingerprint density at radius 2 is 2.00 bits per heavy atom. The van der Waals surface area contributed by atoms with Crippen LogP contribution in [0.3, 0.4) is 0 Å². The van der Waals surface area contributed by atoms with E-state index in [1.54, 1.807) is 0 Å².